The van der Waals surface area contributed by atoms with Crippen LogP contribution in [0.1, 0.15) is 12.5 Å². The highest BCUT2D eigenvalue weighted by Crippen LogP contribution is 2.33. The number of carbonyl (C=O) groups is 4. The minimum absolute atomic E-state index is 0.201. The number of alkyl halides is 3. The maximum absolute atomic E-state index is 13.0. The molecular formula is C21H20F3N5O9S. The molecule has 0 spiro atoms. The molecule has 0 saturated carbocycles. The number of nitrogens with one attached hydrogen (secondary N) is 4. The maximum Gasteiger partial charge on any atom is 0.416 e. The Balaban J connectivity index is 2.56. The van der Waals surface area contributed by atoms with Crippen LogP contribution in [0.3, 0.4) is 0 Å². The molecule has 0 bridgehead atoms. The Morgan fingerprint density at radius 3 is 2.05 bits per heavy atom. The second-order valence-corrected chi connectivity index (χ2v) is 8.62. The van der Waals surface area contributed by atoms with E-state index in [9.17, 15) is 40.8 Å². The highest BCUT2D eigenvalue weighted by molar-refractivity contribution is 7.87. The first-order valence-corrected chi connectivity index (χ1v) is 11.7. The molecule has 18 heteroatoms. The molecule has 0 fully saturated rings. The zero-order valence-electron chi connectivity index (χ0n) is 20.2. The Morgan fingerprint density at radius 2 is 1.51 bits per heavy atom. The van der Waals surface area contributed by atoms with E-state index in [1.165, 1.54) is 0 Å². The lowest BCUT2D eigenvalue weighted by Gasteiger charge is -2.14. The summed E-state index contributed by atoms with van der Waals surface area (Å²) < 4.78 is 78.2. The number of alkyl carbamates (subject to hydrolysis) is 2. The molecule has 0 heterocycles. The van der Waals surface area contributed by atoms with Crippen LogP contribution in [0, 0.1) is 0 Å². The van der Waals surface area contributed by atoms with Gasteiger partial charge in [0.1, 0.15) is 10.6 Å². The van der Waals surface area contributed by atoms with Gasteiger partial charge in [-0.2, -0.15) is 21.6 Å². The van der Waals surface area contributed by atoms with Crippen LogP contribution in [0.25, 0.3) is 0 Å². The maximum atomic E-state index is 13.0. The second-order valence-electron chi connectivity index (χ2n) is 7.07. The molecule has 2 aromatic rings. The number of imide groups is 1. The third-order valence-corrected chi connectivity index (χ3v) is 5.45. The van der Waals surface area contributed by atoms with Crippen LogP contribution < -0.4 is 25.5 Å². The van der Waals surface area contributed by atoms with E-state index in [0.29, 0.717) is 12.1 Å². The molecule has 0 radical (unpaired) electrons. The average molecular weight is 575 g/mol. The predicted molar refractivity (Wildman–Crippen MR) is 127 cm³/mol. The summed E-state index contributed by atoms with van der Waals surface area (Å²) in [5.74, 6) is -1.86. The average Bonchev–Trinajstić information content (AvgIpc) is 2.84. The number of rotatable bonds is 5. The number of guanidine groups is 1. The van der Waals surface area contributed by atoms with Crippen molar-refractivity contribution < 1.29 is 54.4 Å². The highest BCUT2D eigenvalue weighted by atomic mass is 32.2. The van der Waals surface area contributed by atoms with Gasteiger partial charge < -0.3 is 19.0 Å². The first-order valence-electron chi connectivity index (χ1n) is 10.3. The van der Waals surface area contributed by atoms with Gasteiger partial charge in [0.05, 0.1) is 31.2 Å². The molecule has 4 N–H and O–H groups in total. The van der Waals surface area contributed by atoms with E-state index in [0.717, 1.165) is 51.5 Å². The monoisotopic (exact) mass is 575 g/mol. The quantitative estimate of drug-likeness (QED) is 0.236. The van der Waals surface area contributed by atoms with Crippen LogP contribution in [0.5, 0.6) is 5.75 Å². The fourth-order valence-corrected chi connectivity index (χ4v) is 3.55. The number of aliphatic imine (C=N–C) groups is 1. The molecule has 0 unspecified atom stereocenters. The summed E-state index contributed by atoms with van der Waals surface area (Å²) in [4.78, 5) is 49.6. The summed E-state index contributed by atoms with van der Waals surface area (Å²) in [6.45, 7) is 1.05. The van der Waals surface area contributed by atoms with Crippen LogP contribution in [0.15, 0.2) is 52.4 Å². The molecule has 0 aliphatic carbocycles. The van der Waals surface area contributed by atoms with Crippen molar-refractivity contribution in [2.24, 2.45) is 4.99 Å². The Labute approximate surface area is 218 Å². The van der Waals surface area contributed by atoms with Gasteiger partial charge in [0, 0.05) is 13.0 Å². The van der Waals surface area contributed by atoms with E-state index in [1.54, 1.807) is 0 Å². The molecule has 0 saturated heterocycles. The van der Waals surface area contributed by atoms with Crippen LogP contribution in [-0.2, 0) is 30.6 Å². The summed E-state index contributed by atoms with van der Waals surface area (Å²) in [6, 6.07) is 4.72. The van der Waals surface area contributed by atoms with Crippen molar-refractivity contribution in [3.05, 3.63) is 48.0 Å². The fourth-order valence-electron chi connectivity index (χ4n) is 2.58. The number of hydrogen-bond acceptors (Lipinski definition) is 10. The summed E-state index contributed by atoms with van der Waals surface area (Å²) in [5, 5.41) is 8.21. The predicted octanol–water partition coefficient (Wildman–Crippen LogP) is 2.84. The number of ether oxygens (including phenoxy) is 2. The van der Waals surface area contributed by atoms with E-state index in [-0.39, 0.29) is 11.4 Å². The van der Waals surface area contributed by atoms with Crippen LogP contribution in [-0.4, -0.2) is 52.7 Å². The SMILES string of the molecule is COC(=O)NC(=Nc1cc(OS(=O)(=O)c2cccc(C(F)(F)F)c2)ccc1NC(=O)NC(C)=O)NC(=O)OC. The topological polar surface area (TPSA) is 191 Å². The molecule has 0 aromatic heterocycles. The van der Waals surface area contributed by atoms with Crippen LogP contribution >= 0.6 is 0 Å². The van der Waals surface area contributed by atoms with Gasteiger partial charge in [-0.3, -0.25) is 20.7 Å². The Hall–Kier alpha value is -4.87. The minimum Gasteiger partial charge on any atom is -0.453 e. The molecule has 14 nitrogen and oxygen atoms in total. The number of halogens is 3. The first kappa shape index (κ1) is 30.4. The lowest BCUT2D eigenvalue weighted by atomic mass is 10.2. The molecular weight excluding hydrogens is 555 g/mol. The minimum atomic E-state index is -4.82. The normalized spacial score (nSPS) is 10.9. The molecule has 0 atom stereocenters. The third kappa shape index (κ3) is 9.18. The van der Waals surface area contributed by atoms with Crippen molar-refractivity contribution in [3.8, 4) is 5.75 Å². The zero-order valence-corrected chi connectivity index (χ0v) is 21.0. The Bertz CT molecular complexity index is 1390. The van der Waals surface area contributed by atoms with Gasteiger partial charge in [-0.05, 0) is 30.3 Å². The van der Waals surface area contributed by atoms with Gasteiger partial charge in [0.25, 0.3) is 0 Å². The van der Waals surface area contributed by atoms with Crippen LogP contribution in [0.2, 0.25) is 0 Å². The first-order chi connectivity index (χ1) is 18.1. The number of anilines is 1. The van der Waals surface area contributed by atoms with Gasteiger partial charge >= 0.3 is 34.5 Å². The van der Waals surface area contributed by atoms with Gasteiger partial charge in [-0.15, -0.1) is 0 Å². The molecule has 5 amide bonds. The number of nitrogens with zero attached hydrogens (tertiary/aromatic N) is 1. The lowest BCUT2D eigenvalue weighted by molar-refractivity contribution is -0.137. The molecule has 210 valence electrons. The van der Waals surface area contributed by atoms with Crippen molar-refractivity contribution in [3.63, 3.8) is 0 Å². The molecule has 2 rings (SSSR count). The van der Waals surface area contributed by atoms with Gasteiger partial charge in [0.15, 0.2) is 0 Å². The van der Waals surface area contributed by atoms with Gasteiger partial charge in [-0.1, -0.05) is 6.07 Å². The number of amides is 5. The Morgan fingerprint density at radius 1 is 0.897 bits per heavy atom. The van der Waals surface area contributed by atoms with Crippen molar-refractivity contribution in [2.45, 2.75) is 18.0 Å². The molecule has 2 aromatic carbocycles. The van der Waals surface area contributed by atoms with Crippen molar-refractivity contribution >= 4 is 51.6 Å². The molecule has 0 aliphatic heterocycles. The number of carbonyl (C=O) groups excluding carboxylic acids is 4. The van der Waals surface area contributed by atoms with E-state index in [4.69, 9.17) is 4.18 Å². The van der Waals surface area contributed by atoms with Gasteiger partial charge in [-0.25, -0.2) is 19.4 Å². The number of hydrogen-bond donors (Lipinski definition) is 4. The smallest absolute Gasteiger partial charge is 0.416 e. The standard InChI is InChI=1S/C21H20F3N5O9S/c1-11(30)25-18(31)27-15-8-7-13(10-16(15)26-17(28-19(32)36-2)29-20(33)37-3)38-39(34,35)14-6-4-5-12(9-14)21(22,23)24/h4-10H,1-3H3,(H2,25,27,30,31)(H2,26,28,29,32,33). The van der Waals surface area contributed by atoms with Gasteiger partial charge in [0.2, 0.25) is 11.9 Å². The molecule has 0 aliphatic rings. The van der Waals surface area contributed by atoms with Crippen molar-refractivity contribution in [1.29, 1.82) is 0 Å². The van der Waals surface area contributed by atoms with E-state index >= 15 is 0 Å². The summed E-state index contributed by atoms with van der Waals surface area (Å²) in [6.07, 6.45) is -7.03. The van der Waals surface area contributed by atoms with Crippen LogP contribution in [0.4, 0.5) is 38.9 Å². The lowest BCUT2D eigenvalue weighted by Crippen LogP contribution is -2.43. The van der Waals surface area contributed by atoms with E-state index in [1.807, 2.05) is 16.0 Å². The fraction of sp³-hybridized carbons (Fsp3) is 0.190. The van der Waals surface area contributed by atoms with E-state index < -0.39 is 62.6 Å². The number of methoxy groups -OCH3 is 2. The summed E-state index contributed by atoms with van der Waals surface area (Å²) in [7, 11) is -2.82. The molecule has 39 heavy (non-hydrogen) atoms. The number of benzene rings is 2. The van der Waals surface area contributed by atoms with Crippen molar-refractivity contribution in [1.82, 2.24) is 16.0 Å². The summed E-state index contributed by atoms with van der Waals surface area (Å²) >= 11 is 0. The highest BCUT2D eigenvalue weighted by Gasteiger charge is 2.32. The van der Waals surface area contributed by atoms with Crippen molar-refractivity contribution in [2.75, 3.05) is 19.5 Å². The summed E-state index contributed by atoms with van der Waals surface area (Å²) in [5.41, 5.74) is -1.80. The third-order valence-electron chi connectivity index (χ3n) is 4.21. The number of urea groups is 1. The second kappa shape index (κ2) is 12.6. The Kier molecular flexibility index (Phi) is 9.80. The largest absolute Gasteiger partial charge is 0.453 e. The van der Waals surface area contributed by atoms with E-state index in [2.05, 4.69) is 19.8 Å². The zero-order chi connectivity index (χ0) is 29.4.